The minimum absolute atomic E-state index is 0.0990. The Morgan fingerprint density at radius 3 is 2.49 bits per heavy atom. The van der Waals surface area contributed by atoms with Gasteiger partial charge in [0.25, 0.3) is 0 Å². The zero-order valence-corrected chi connectivity index (χ0v) is 20.3. The molecule has 182 valence electrons. The number of benzene rings is 2. The fourth-order valence-electron chi connectivity index (χ4n) is 5.68. The first kappa shape index (κ1) is 23.3. The number of imide groups is 1. The van der Waals surface area contributed by atoms with Crippen LogP contribution in [0.25, 0.3) is 0 Å². The molecule has 1 aliphatic carbocycles. The van der Waals surface area contributed by atoms with Crippen molar-refractivity contribution in [3.8, 4) is 5.75 Å². The maximum absolute atomic E-state index is 13.1. The van der Waals surface area contributed by atoms with Crippen molar-refractivity contribution >= 4 is 35.1 Å². The molecule has 5 rings (SSSR count). The van der Waals surface area contributed by atoms with Gasteiger partial charge in [-0.1, -0.05) is 19.1 Å². The number of rotatable bonds is 4. The van der Waals surface area contributed by atoms with Gasteiger partial charge in [-0.2, -0.15) is 0 Å². The van der Waals surface area contributed by atoms with E-state index in [1.165, 1.54) is 4.90 Å². The van der Waals surface area contributed by atoms with Gasteiger partial charge >= 0.3 is 5.97 Å². The Labute approximate surface area is 205 Å². The number of hydrogen-bond donors (Lipinski definition) is 0. The number of carbonyl (C=O) groups is 4. The van der Waals surface area contributed by atoms with Crippen molar-refractivity contribution < 1.29 is 23.9 Å². The summed E-state index contributed by atoms with van der Waals surface area (Å²) in [5.74, 6) is -1.07. The summed E-state index contributed by atoms with van der Waals surface area (Å²) < 4.78 is 5.61. The molecule has 2 aliphatic heterocycles. The van der Waals surface area contributed by atoms with Gasteiger partial charge in [0.1, 0.15) is 5.75 Å². The Balaban J connectivity index is 1.28. The van der Waals surface area contributed by atoms with Crippen LogP contribution >= 0.6 is 0 Å². The topological polar surface area (TPSA) is 84.0 Å². The number of aryl methyl sites for hydroxylation is 2. The zero-order chi connectivity index (χ0) is 24.9. The molecule has 2 aromatic rings. The first-order valence-electron chi connectivity index (χ1n) is 12.3. The Hall–Kier alpha value is -3.48. The minimum Gasteiger partial charge on any atom is -0.426 e. The normalized spacial score (nSPS) is 26.3. The highest BCUT2D eigenvalue weighted by Gasteiger charge is 2.50. The minimum atomic E-state index is -0.560. The summed E-state index contributed by atoms with van der Waals surface area (Å²) in [5.41, 5.74) is 3.05. The molecule has 7 heteroatoms. The van der Waals surface area contributed by atoms with Gasteiger partial charge in [-0.05, 0) is 80.5 Å². The number of esters is 1. The van der Waals surface area contributed by atoms with E-state index in [4.69, 9.17) is 4.74 Å². The maximum atomic E-state index is 13.1. The molecule has 0 N–H and O–H groups in total. The highest BCUT2D eigenvalue weighted by Crippen LogP contribution is 2.43. The third kappa shape index (κ3) is 4.24. The second-order valence-electron chi connectivity index (χ2n) is 10.3. The number of ether oxygens (including phenoxy) is 1. The molecule has 2 heterocycles. The summed E-state index contributed by atoms with van der Waals surface area (Å²) in [6.07, 6.45) is 2.57. The standard InChI is InChI=1S/C28H30N2O5/c1-16-5-4-6-20(11-16)29-15-19(14-25(29)31)28(34)35-21-8-10-24(18(3)13-21)30-26(32)22-9-7-17(2)12-23(22)27(30)33/h4-6,8,10-11,13,17,19,22-23H,7,9,12,14-15H2,1-3H3/t17-,19+,22+,23-/m0/s1. The summed E-state index contributed by atoms with van der Waals surface area (Å²) in [5, 5.41) is 0. The van der Waals surface area contributed by atoms with E-state index in [9.17, 15) is 19.2 Å². The van der Waals surface area contributed by atoms with Crippen molar-refractivity contribution in [2.24, 2.45) is 23.7 Å². The van der Waals surface area contributed by atoms with Crippen LogP contribution in [0.5, 0.6) is 5.75 Å². The molecule has 3 amide bonds. The van der Waals surface area contributed by atoms with Gasteiger partial charge in [0, 0.05) is 18.7 Å². The van der Waals surface area contributed by atoms with Crippen LogP contribution in [0.2, 0.25) is 0 Å². The molecule has 0 unspecified atom stereocenters. The second-order valence-corrected chi connectivity index (χ2v) is 10.3. The highest BCUT2D eigenvalue weighted by molar-refractivity contribution is 6.22. The Morgan fingerprint density at radius 2 is 1.74 bits per heavy atom. The number of nitrogens with zero attached hydrogens (tertiary/aromatic N) is 2. The SMILES string of the molecule is Cc1cccc(N2C[C@H](C(=O)Oc3ccc(N4C(=O)[C@H]5C[C@@H](C)CC[C@H]5C4=O)c(C)c3)CC2=O)c1. The van der Waals surface area contributed by atoms with E-state index in [1.54, 1.807) is 30.0 Å². The fourth-order valence-corrected chi connectivity index (χ4v) is 5.68. The number of anilines is 2. The van der Waals surface area contributed by atoms with Crippen molar-refractivity contribution in [3.63, 3.8) is 0 Å². The van der Waals surface area contributed by atoms with Crippen LogP contribution in [0.15, 0.2) is 42.5 Å². The smallest absolute Gasteiger partial charge is 0.316 e. The van der Waals surface area contributed by atoms with E-state index in [-0.39, 0.29) is 42.5 Å². The lowest BCUT2D eigenvalue weighted by molar-refractivity contribution is -0.139. The van der Waals surface area contributed by atoms with Crippen LogP contribution in [0.3, 0.4) is 0 Å². The number of amides is 3. The average molecular weight is 475 g/mol. The summed E-state index contributed by atoms with van der Waals surface area (Å²) in [6, 6.07) is 12.6. The quantitative estimate of drug-likeness (QED) is 0.377. The van der Waals surface area contributed by atoms with Crippen molar-refractivity contribution in [2.45, 2.75) is 46.5 Å². The van der Waals surface area contributed by atoms with E-state index in [0.29, 0.717) is 22.9 Å². The van der Waals surface area contributed by atoms with Crippen LogP contribution in [0.4, 0.5) is 11.4 Å². The lowest BCUT2D eigenvalue weighted by atomic mass is 9.76. The monoisotopic (exact) mass is 474 g/mol. The molecular weight excluding hydrogens is 444 g/mol. The fraction of sp³-hybridized carbons (Fsp3) is 0.429. The molecule has 0 aromatic heterocycles. The molecule has 2 saturated heterocycles. The van der Waals surface area contributed by atoms with Crippen LogP contribution in [-0.2, 0) is 19.2 Å². The maximum Gasteiger partial charge on any atom is 0.316 e. The third-order valence-corrected chi connectivity index (χ3v) is 7.59. The van der Waals surface area contributed by atoms with Gasteiger partial charge in [0.2, 0.25) is 17.7 Å². The van der Waals surface area contributed by atoms with Gasteiger partial charge < -0.3 is 9.64 Å². The molecule has 3 fully saturated rings. The summed E-state index contributed by atoms with van der Waals surface area (Å²) >= 11 is 0. The van der Waals surface area contributed by atoms with Gasteiger partial charge in [0.05, 0.1) is 23.4 Å². The predicted octanol–water partition coefficient (Wildman–Crippen LogP) is 4.19. The molecule has 0 spiro atoms. The van der Waals surface area contributed by atoms with Gasteiger partial charge in [0.15, 0.2) is 0 Å². The Morgan fingerprint density at radius 1 is 0.971 bits per heavy atom. The predicted molar refractivity (Wildman–Crippen MR) is 131 cm³/mol. The van der Waals surface area contributed by atoms with E-state index < -0.39 is 11.9 Å². The Kier molecular flexibility index (Phi) is 5.95. The molecule has 3 aliphatic rings. The van der Waals surface area contributed by atoms with E-state index >= 15 is 0 Å². The molecule has 1 saturated carbocycles. The van der Waals surface area contributed by atoms with Gasteiger partial charge in [-0.25, -0.2) is 4.90 Å². The molecule has 7 nitrogen and oxygen atoms in total. The lowest BCUT2D eigenvalue weighted by Gasteiger charge is -2.25. The van der Waals surface area contributed by atoms with Gasteiger partial charge in [-0.15, -0.1) is 0 Å². The van der Waals surface area contributed by atoms with Crippen molar-refractivity contribution in [1.29, 1.82) is 0 Å². The third-order valence-electron chi connectivity index (χ3n) is 7.59. The van der Waals surface area contributed by atoms with E-state index in [1.807, 2.05) is 31.2 Å². The summed E-state index contributed by atoms with van der Waals surface area (Å²) in [4.78, 5) is 54.4. The summed E-state index contributed by atoms with van der Waals surface area (Å²) in [6.45, 7) is 6.16. The molecule has 0 bridgehead atoms. The van der Waals surface area contributed by atoms with Crippen LogP contribution in [0.1, 0.15) is 43.7 Å². The Bertz CT molecular complexity index is 1220. The number of hydrogen-bond acceptors (Lipinski definition) is 5. The second kappa shape index (κ2) is 8.95. The van der Waals surface area contributed by atoms with Crippen LogP contribution in [0, 0.1) is 37.5 Å². The van der Waals surface area contributed by atoms with Crippen molar-refractivity contribution in [2.75, 3.05) is 16.3 Å². The first-order valence-corrected chi connectivity index (χ1v) is 12.3. The molecular formula is C28H30N2O5. The zero-order valence-electron chi connectivity index (χ0n) is 20.3. The molecule has 35 heavy (non-hydrogen) atoms. The molecule has 2 aromatic carbocycles. The van der Waals surface area contributed by atoms with E-state index in [2.05, 4.69) is 6.92 Å². The van der Waals surface area contributed by atoms with E-state index in [0.717, 1.165) is 30.5 Å². The van der Waals surface area contributed by atoms with Crippen LogP contribution in [-0.4, -0.2) is 30.2 Å². The molecule has 0 radical (unpaired) electrons. The lowest BCUT2D eigenvalue weighted by Crippen LogP contribution is -2.31. The van der Waals surface area contributed by atoms with Crippen LogP contribution < -0.4 is 14.5 Å². The molecule has 4 atom stereocenters. The first-order chi connectivity index (χ1) is 16.7. The summed E-state index contributed by atoms with van der Waals surface area (Å²) in [7, 11) is 0. The van der Waals surface area contributed by atoms with Gasteiger partial charge in [-0.3, -0.25) is 19.2 Å². The number of carbonyl (C=O) groups excluding carboxylic acids is 4. The average Bonchev–Trinajstić information content (AvgIpc) is 3.32. The number of fused-ring (bicyclic) bond motifs is 1. The van der Waals surface area contributed by atoms with Crippen molar-refractivity contribution in [3.05, 3.63) is 53.6 Å². The van der Waals surface area contributed by atoms with Crippen molar-refractivity contribution in [1.82, 2.24) is 0 Å². The highest BCUT2D eigenvalue weighted by atomic mass is 16.5. The largest absolute Gasteiger partial charge is 0.426 e.